The maximum atomic E-state index is 5.01. The van der Waals surface area contributed by atoms with E-state index in [1.54, 1.807) is 14.2 Å². The van der Waals surface area contributed by atoms with Crippen LogP contribution in [0.15, 0.2) is 23.3 Å². The lowest BCUT2D eigenvalue weighted by molar-refractivity contribution is 0.203. The van der Waals surface area contributed by atoms with E-state index in [1.165, 1.54) is 18.4 Å². The number of anilines is 1. The van der Waals surface area contributed by atoms with E-state index < -0.39 is 0 Å². The molecule has 6 nitrogen and oxygen atoms in total. The number of ether oxygens (including phenoxy) is 1. The molecule has 21 heavy (non-hydrogen) atoms. The number of aliphatic imine (C=N–C) groups is 1. The van der Waals surface area contributed by atoms with Crippen LogP contribution in [0.4, 0.5) is 5.82 Å². The van der Waals surface area contributed by atoms with Crippen LogP contribution < -0.4 is 15.5 Å². The van der Waals surface area contributed by atoms with Crippen LogP contribution >= 0.6 is 0 Å². The van der Waals surface area contributed by atoms with Gasteiger partial charge in [0, 0.05) is 46.5 Å². The molecule has 0 amide bonds. The van der Waals surface area contributed by atoms with Crippen molar-refractivity contribution in [2.24, 2.45) is 4.99 Å². The third-order valence-corrected chi connectivity index (χ3v) is 3.52. The van der Waals surface area contributed by atoms with Gasteiger partial charge in [-0.2, -0.15) is 0 Å². The normalized spacial score (nSPS) is 15.3. The van der Waals surface area contributed by atoms with Crippen molar-refractivity contribution in [2.75, 3.05) is 45.3 Å². The Balaban J connectivity index is 1.85. The quantitative estimate of drug-likeness (QED) is 0.465. The van der Waals surface area contributed by atoms with Crippen LogP contribution in [0, 0.1) is 0 Å². The molecule has 2 rings (SSSR count). The number of pyridine rings is 1. The number of aromatic nitrogens is 1. The summed E-state index contributed by atoms with van der Waals surface area (Å²) in [5, 5.41) is 6.50. The zero-order valence-electron chi connectivity index (χ0n) is 12.9. The van der Waals surface area contributed by atoms with E-state index in [2.05, 4.69) is 31.6 Å². The zero-order valence-corrected chi connectivity index (χ0v) is 12.9. The molecule has 0 unspecified atom stereocenters. The SMILES string of the molecule is CN=C(NCCOC)NCc1ccnc(N2CCCC2)c1. The molecular formula is C15H25N5O. The Morgan fingerprint density at radius 3 is 2.90 bits per heavy atom. The third-order valence-electron chi connectivity index (χ3n) is 3.52. The topological polar surface area (TPSA) is 61.8 Å². The predicted molar refractivity (Wildman–Crippen MR) is 85.8 cm³/mol. The van der Waals surface area contributed by atoms with Crippen LogP contribution in [0.1, 0.15) is 18.4 Å². The van der Waals surface area contributed by atoms with Gasteiger partial charge in [0.05, 0.1) is 6.61 Å². The minimum absolute atomic E-state index is 0.662. The summed E-state index contributed by atoms with van der Waals surface area (Å²) in [6, 6.07) is 4.19. The first-order valence-electron chi connectivity index (χ1n) is 7.47. The van der Waals surface area contributed by atoms with Crippen molar-refractivity contribution >= 4 is 11.8 Å². The van der Waals surface area contributed by atoms with Crippen LogP contribution in [0.2, 0.25) is 0 Å². The van der Waals surface area contributed by atoms with Crippen molar-refractivity contribution in [1.82, 2.24) is 15.6 Å². The van der Waals surface area contributed by atoms with Crippen LogP contribution in [-0.4, -0.2) is 51.3 Å². The maximum Gasteiger partial charge on any atom is 0.191 e. The molecule has 1 aliphatic heterocycles. The van der Waals surface area contributed by atoms with E-state index in [0.717, 1.165) is 38.0 Å². The second kappa shape index (κ2) is 8.46. The van der Waals surface area contributed by atoms with Crippen molar-refractivity contribution in [3.63, 3.8) is 0 Å². The highest BCUT2D eigenvalue weighted by atomic mass is 16.5. The number of nitrogens with one attached hydrogen (secondary N) is 2. The molecule has 0 radical (unpaired) electrons. The lowest BCUT2D eigenvalue weighted by atomic mass is 10.2. The van der Waals surface area contributed by atoms with Crippen molar-refractivity contribution in [2.45, 2.75) is 19.4 Å². The zero-order chi connectivity index (χ0) is 14.9. The first kappa shape index (κ1) is 15.6. The number of methoxy groups -OCH3 is 1. The monoisotopic (exact) mass is 291 g/mol. The van der Waals surface area contributed by atoms with Gasteiger partial charge in [-0.3, -0.25) is 4.99 Å². The van der Waals surface area contributed by atoms with Crippen molar-refractivity contribution in [1.29, 1.82) is 0 Å². The van der Waals surface area contributed by atoms with E-state index in [1.807, 2.05) is 12.3 Å². The average Bonchev–Trinajstić information content (AvgIpc) is 3.05. The predicted octanol–water partition coefficient (Wildman–Crippen LogP) is 0.993. The summed E-state index contributed by atoms with van der Waals surface area (Å²) < 4.78 is 5.01. The molecule has 6 heteroatoms. The molecule has 1 aromatic heterocycles. The second-order valence-electron chi connectivity index (χ2n) is 5.06. The molecule has 1 aromatic rings. The van der Waals surface area contributed by atoms with Gasteiger partial charge in [-0.05, 0) is 30.5 Å². The van der Waals surface area contributed by atoms with Gasteiger partial charge in [0.1, 0.15) is 5.82 Å². The molecule has 0 aliphatic carbocycles. The fourth-order valence-electron chi connectivity index (χ4n) is 2.37. The minimum atomic E-state index is 0.662. The van der Waals surface area contributed by atoms with E-state index in [0.29, 0.717) is 6.61 Å². The molecule has 1 fully saturated rings. The lowest BCUT2D eigenvalue weighted by Gasteiger charge is -2.17. The Labute approximate surface area is 126 Å². The highest BCUT2D eigenvalue weighted by molar-refractivity contribution is 5.79. The molecule has 1 saturated heterocycles. The van der Waals surface area contributed by atoms with E-state index >= 15 is 0 Å². The molecule has 0 bridgehead atoms. The maximum absolute atomic E-state index is 5.01. The summed E-state index contributed by atoms with van der Waals surface area (Å²) >= 11 is 0. The molecule has 2 N–H and O–H groups in total. The van der Waals surface area contributed by atoms with E-state index in [4.69, 9.17) is 4.74 Å². The first-order chi connectivity index (χ1) is 10.3. The molecule has 1 aliphatic rings. The third kappa shape index (κ3) is 4.90. The lowest BCUT2D eigenvalue weighted by Crippen LogP contribution is -2.38. The standard InChI is InChI=1S/C15H25N5O/c1-16-15(18-7-10-21-2)19-12-13-5-6-17-14(11-13)20-8-3-4-9-20/h5-6,11H,3-4,7-10,12H2,1-2H3,(H2,16,18,19). The molecule has 0 saturated carbocycles. The van der Waals surface area contributed by atoms with Crippen molar-refractivity contribution in [3.05, 3.63) is 23.9 Å². The number of nitrogens with zero attached hydrogens (tertiary/aromatic N) is 3. The molecule has 0 aromatic carbocycles. The molecule has 0 spiro atoms. The average molecular weight is 291 g/mol. The Morgan fingerprint density at radius 2 is 2.19 bits per heavy atom. The minimum Gasteiger partial charge on any atom is -0.383 e. The van der Waals surface area contributed by atoms with Crippen LogP contribution in [0.25, 0.3) is 0 Å². The van der Waals surface area contributed by atoms with Gasteiger partial charge >= 0.3 is 0 Å². The molecular weight excluding hydrogens is 266 g/mol. The first-order valence-corrected chi connectivity index (χ1v) is 7.47. The smallest absolute Gasteiger partial charge is 0.191 e. The molecule has 116 valence electrons. The van der Waals surface area contributed by atoms with Gasteiger partial charge in [-0.15, -0.1) is 0 Å². The van der Waals surface area contributed by atoms with Gasteiger partial charge in [-0.25, -0.2) is 4.98 Å². The summed E-state index contributed by atoms with van der Waals surface area (Å²) in [5.41, 5.74) is 1.21. The number of hydrogen-bond donors (Lipinski definition) is 2. The summed E-state index contributed by atoms with van der Waals surface area (Å²) in [6.07, 6.45) is 4.41. The summed E-state index contributed by atoms with van der Waals surface area (Å²) in [5.74, 6) is 1.86. The molecule has 2 heterocycles. The second-order valence-corrected chi connectivity index (χ2v) is 5.06. The van der Waals surface area contributed by atoms with Crippen LogP contribution in [-0.2, 0) is 11.3 Å². The Morgan fingerprint density at radius 1 is 1.38 bits per heavy atom. The van der Waals surface area contributed by atoms with Crippen LogP contribution in [0.5, 0.6) is 0 Å². The Bertz CT molecular complexity index is 457. The number of guanidine groups is 1. The number of rotatable bonds is 6. The van der Waals surface area contributed by atoms with Gasteiger partial charge in [0.15, 0.2) is 5.96 Å². The summed E-state index contributed by atoms with van der Waals surface area (Å²) in [4.78, 5) is 11.0. The van der Waals surface area contributed by atoms with Crippen molar-refractivity contribution in [3.8, 4) is 0 Å². The van der Waals surface area contributed by atoms with Crippen LogP contribution in [0.3, 0.4) is 0 Å². The van der Waals surface area contributed by atoms with Gasteiger partial charge in [-0.1, -0.05) is 0 Å². The molecule has 0 atom stereocenters. The fourth-order valence-corrected chi connectivity index (χ4v) is 2.37. The van der Waals surface area contributed by atoms with E-state index in [9.17, 15) is 0 Å². The van der Waals surface area contributed by atoms with Crippen molar-refractivity contribution < 1.29 is 4.74 Å². The van der Waals surface area contributed by atoms with E-state index in [-0.39, 0.29) is 0 Å². The highest BCUT2D eigenvalue weighted by Crippen LogP contribution is 2.18. The van der Waals surface area contributed by atoms with Gasteiger partial charge in [0.25, 0.3) is 0 Å². The number of hydrogen-bond acceptors (Lipinski definition) is 4. The highest BCUT2D eigenvalue weighted by Gasteiger charge is 2.13. The largest absolute Gasteiger partial charge is 0.383 e. The van der Waals surface area contributed by atoms with Gasteiger partial charge < -0.3 is 20.3 Å². The summed E-state index contributed by atoms with van der Waals surface area (Å²) in [7, 11) is 3.46. The fraction of sp³-hybridized carbons (Fsp3) is 0.600. The Hall–Kier alpha value is -1.82. The summed E-state index contributed by atoms with van der Waals surface area (Å²) in [6.45, 7) is 4.37. The Kier molecular flexibility index (Phi) is 6.27. The van der Waals surface area contributed by atoms with Gasteiger partial charge in [0.2, 0.25) is 0 Å².